The van der Waals surface area contributed by atoms with Crippen molar-refractivity contribution in [2.24, 2.45) is 0 Å². The fourth-order valence-corrected chi connectivity index (χ4v) is 3.69. The SMILES string of the molecule is COc1cccc(CC2=CC3CCC(C2)N3C(=O)OC(C)(C)C)c1. The first-order chi connectivity index (χ1) is 11.4. The number of rotatable bonds is 3. The molecule has 0 aliphatic carbocycles. The van der Waals surface area contributed by atoms with Crippen molar-refractivity contribution in [1.29, 1.82) is 0 Å². The fraction of sp³-hybridized carbons (Fsp3) is 0.550. The van der Waals surface area contributed by atoms with E-state index in [9.17, 15) is 4.79 Å². The topological polar surface area (TPSA) is 38.8 Å². The molecule has 1 fully saturated rings. The Morgan fingerprint density at radius 2 is 2.08 bits per heavy atom. The molecule has 1 aromatic rings. The summed E-state index contributed by atoms with van der Waals surface area (Å²) in [4.78, 5) is 14.4. The molecule has 2 heterocycles. The number of methoxy groups -OCH3 is 1. The molecule has 4 heteroatoms. The van der Waals surface area contributed by atoms with Crippen molar-refractivity contribution in [3.8, 4) is 5.75 Å². The van der Waals surface area contributed by atoms with Gasteiger partial charge in [-0.05, 0) is 64.2 Å². The minimum atomic E-state index is -0.443. The van der Waals surface area contributed by atoms with E-state index in [0.717, 1.165) is 31.4 Å². The predicted octanol–water partition coefficient (Wildman–Crippen LogP) is 4.34. The van der Waals surface area contributed by atoms with Gasteiger partial charge in [0.15, 0.2) is 0 Å². The van der Waals surface area contributed by atoms with Crippen LogP contribution in [0.4, 0.5) is 4.79 Å². The summed E-state index contributed by atoms with van der Waals surface area (Å²) in [6.07, 6.45) is 6.05. The smallest absolute Gasteiger partial charge is 0.411 e. The molecule has 0 aromatic heterocycles. The van der Waals surface area contributed by atoms with Crippen LogP contribution in [0.5, 0.6) is 5.75 Å². The van der Waals surface area contributed by atoms with Crippen LogP contribution in [0.15, 0.2) is 35.9 Å². The third-order valence-corrected chi connectivity index (χ3v) is 4.64. The van der Waals surface area contributed by atoms with Crippen molar-refractivity contribution < 1.29 is 14.3 Å². The molecule has 2 aliphatic rings. The fourth-order valence-electron chi connectivity index (χ4n) is 3.69. The molecule has 1 amide bonds. The largest absolute Gasteiger partial charge is 0.497 e. The number of carbonyl (C=O) groups excluding carboxylic acids is 1. The summed E-state index contributed by atoms with van der Waals surface area (Å²) < 4.78 is 10.9. The lowest BCUT2D eigenvalue weighted by Crippen LogP contribution is -2.45. The number of benzene rings is 1. The molecule has 1 aromatic carbocycles. The van der Waals surface area contributed by atoms with Gasteiger partial charge in [0.05, 0.1) is 13.2 Å². The summed E-state index contributed by atoms with van der Waals surface area (Å²) in [5, 5.41) is 0. The van der Waals surface area contributed by atoms with E-state index in [4.69, 9.17) is 9.47 Å². The first kappa shape index (κ1) is 16.9. The molecule has 0 N–H and O–H groups in total. The van der Waals surface area contributed by atoms with E-state index in [1.807, 2.05) is 37.8 Å². The summed E-state index contributed by atoms with van der Waals surface area (Å²) in [6.45, 7) is 5.75. The van der Waals surface area contributed by atoms with Gasteiger partial charge >= 0.3 is 6.09 Å². The maximum absolute atomic E-state index is 12.5. The Hall–Kier alpha value is -1.97. The Morgan fingerprint density at radius 1 is 1.29 bits per heavy atom. The zero-order valence-electron chi connectivity index (χ0n) is 15.0. The van der Waals surface area contributed by atoms with Crippen LogP contribution in [-0.2, 0) is 11.2 Å². The van der Waals surface area contributed by atoms with Crippen molar-refractivity contribution >= 4 is 6.09 Å². The van der Waals surface area contributed by atoms with Crippen molar-refractivity contribution in [2.75, 3.05) is 7.11 Å². The Morgan fingerprint density at radius 3 is 2.75 bits per heavy atom. The minimum absolute atomic E-state index is 0.174. The molecule has 4 nitrogen and oxygen atoms in total. The third-order valence-electron chi connectivity index (χ3n) is 4.64. The van der Waals surface area contributed by atoms with Crippen LogP contribution in [0.2, 0.25) is 0 Å². The lowest BCUT2D eigenvalue weighted by Gasteiger charge is -2.35. The lowest BCUT2D eigenvalue weighted by atomic mass is 9.95. The van der Waals surface area contributed by atoms with E-state index in [2.05, 4.69) is 18.2 Å². The van der Waals surface area contributed by atoms with Gasteiger partial charge in [0.2, 0.25) is 0 Å². The molecule has 24 heavy (non-hydrogen) atoms. The van der Waals surface area contributed by atoms with Crippen LogP contribution in [0.25, 0.3) is 0 Å². The Balaban J connectivity index is 1.71. The van der Waals surface area contributed by atoms with Gasteiger partial charge in [-0.25, -0.2) is 4.79 Å². The van der Waals surface area contributed by atoms with Gasteiger partial charge in [0, 0.05) is 6.04 Å². The molecule has 2 atom stereocenters. The van der Waals surface area contributed by atoms with E-state index in [1.54, 1.807) is 7.11 Å². The highest BCUT2D eigenvalue weighted by Gasteiger charge is 2.41. The second kappa shape index (κ2) is 6.50. The maximum atomic E-state index is 12.5. The number of hydrogen-bond acceptors (Lipinski definition) is 3. The maximum Gasteiger partial charge on any atom is 0.411 e. The Kier molecular flexibility index (Phi) is 4.57. The average Bonchev–Trinajstić information content (AvgIpc) is 2.77. The number of nitrogens with zero attached hydrogens (tertiary/aromatic N) is 1. The number of ether oxygens (including phenoxy) is 2. The van der Waals surface area contributed by atoms with Crippen LogP contribution in [0, 0.1) is 0 Å². The zero-order chi connectivity index (χ0) is 17.3. The van der Waals surface area contributed by atoms with Crippen LogP contribution < -0.4 is 4.74 Å². The summed E-state index contributed by atoms with van der Waals surface area (Å²) >= 11 is 0. The highest BCUT2D eigenvalue weighted by Crippen LogP contribution is 2.37. The normalized spacial score (nSPS) is 23.0. The summed E-state index contributed by atoms with van der Waals surface area (Å²) in [7, 11) is 1.69. The Bertz CT molecular complexity index is 645. The Labute approximate surface area is 144 Å². The first-order valence-electron chi connectivity index (χ1n) is 8.69. The highest BCUT2D eigenvalue weighted by atomic mass is 16.6. The molecule has 1 saturated heterocycles. The van der Waals surface area contributed by atoms with Gasteiger partial charge in [0.25, 0.3) is 0 Å². The predicted molar refractivity (Wildman–Crippen MR) is 94.3 cm³/mol. The van der Waals surface area contributed by atoms with Gasteiger partial charge in [-0.1, -0.05) is 23.8 Å². The van der Waals surface area contributed by atoms with Crippen LogP contribution >= 0.6 is 0 Å². The van der Waals surface area contributed by atoms with Gasteiger partial charge < -0.3 is 9.47 Å². The number of carbonyl (C=O) groups is 1. The van der Waals surface area contributed by atoms with E-state index in [1.165, 1.54) is 11.1 Å². The monoisotopic (exact) mass is 329 g/mol. The zero-order valence-corrected chi connectivity index (χ0v) is 15.0. The molecule has 2 bridgehead atoms. The summed E-state index contributed by atoms with van der Waals surface area (Å²) in [5.41, 5.74) is 2.22. The molecule has 0 saturated carbocycles. The second-order valence-corrected chi connectivity index (χ2v) is 7.74. The van der Waals surface area contributed by atoms with Crippen LogP contribution in [0.3, 0.4) is 0 Å². The van der Waals surface area contributed by atoms with E-state index < -0.39 is 5.60 Å². The van der Waals surface area contributed by atoms with Gasteiger partial charge in [-0.15, -0.1) is 0 Å². The number of fused-ring (bicyclic) bond motifs is 2. The molecular weight excluding hydrogens is 302 g/mol. The van der Waals surface area contributed by atoms with Crippen molar-refractivity contribution in [2.45, 2.75) is 64.1 Å². The lowest BCUT2D eigenvalue weighted by molar-refractivity contribution is 0.0166. The molecule has 0 spiro atoms. The standard InChI is InChI=1S/C20H27NO3/c1-20(2,3)24-19(22)21-16-8-9-17(21)12-15(11-16)10-14-6-5-7-18(13-14)23-4/h5-7,11,13,16-17H,8-10,12H2,1-4H3. The third kappa shape index (κ3) is 3.74. The van der Waals surface area contributed by atoms with Crippen LogP contribution in [0.1, 0.15) is 45.6 Å². The summed E-state index contributed by atoms with van der Waals surface area (Å²) in [5.74, 6) is 0.891. The molecule has 130 valence electrons. The second-order valence-electron chi connectivity index (χ2n) is 7.74. The molecule has 0 radical (unpaired) electrons. The molecular formula is C20H27NO3. The van der Waals surface area contributed by atoms with E-state index in [-0.39, 0.29) is 18.2 Å². The van der Waals surface area contributed by atoms with Crippen molar-refractivity contribution in [3.05, 3.63) is 41.5 Å². The molecule has 2 aliphatic heterocycles. The average molecular weight is 329 g/mol. The van der Waals surface area contributed by atoms with E-state index >= 15 is 0 Å². The summed E-state index contributed by atoms with van der Waals surface area (Å²) in [6, 6.07) is 8.66. The minimum Gasteiger partial charge on any atom is -0.497 e. The van der Waals surface area contributed by atoms with Crippen molar-refractivity contribution in [1.82, 2.24) is 4.90 Å². The molecule has 3 rings (SSSR count). The first-order valence-corrected chi connectivity index (χ1v) is 8.69. The van der Waals surface area contributed by atoms with Crippen molar-refractivity contribution in [3.63, 3.8) is 0 Å². The van der Waals surface area contributed by atoms with Gasteiger partial charge in [-0.2, -0.15) is 0 Å². The highest BCUT2D eigenvalue weighted by molar-refractivity contribution is 5.70. The van der Waals surface area contributed by atoms with Gasteiger partial charge in [0.1, 0.15) is 11.4 Å². The molecule has 2 unspecified atom stereocenters. The van der Waals surface area contributed by atoms with Crippen LogP contribution in [-0.4, -0.2) is 35.8 Å². The van der Waals surface area contributed by atoms with E-state index in [0.29, 0.717) is 0 Å². The number of amides is 1. The number of hydrogen-bond donors (Lipinski definition) is 0. The van der Waals surface area contributed by atoms with Gasteiger partial charge in [-0.3, -0.25) is 4.90 Å². The quantitative estimate of drug-likeness (QED) is 0.775.